The molecule has 0 spiro atoms. The predicted octanol–water partition coefficient (Wildman–Crippen LogP) is 7.65. The number of ether oxygens (including phenoxy) is 2. The SMILES string of the molecule is CCCCCCCCCCCCOC(=O)C(CC)(CC)C(=O)OCc1ccc(Cl)cc1. The second kappa shape index (κ2) is 16.1. The van der Waals surface area contributed by atoms with Gasteiger partial charge in [0.2, 0.25) is 0 Å². The Morgan fingerprint density at radius 1 is 0.742 bits per heavy atom. The van der Waals surface area contributed by atoms with Crippen LogP contribution in [0.4, 0.5) is 0 Å². The van der Waals surface area contributed by atoms with Crippen molar-refractivity contribution in [3.63, 3.8) is 0 Å². The lowest BCUT2D eigenvalue weighted by molar-refractivity contribution is -0.174. The molecule has 1 rings (SSSR count). The summed E-state index contributed by atoms with van der Waals surface area (Å²) in [6.45, 7) is 6.37. The number of benzene rings is 1. The van der Waals surface area contributed by atoms with E-state index in [1.165, 1.54) is 51.4 Å². The minimum atomic E-state index is -1.23. The molecule has 0 saturated carbocycles. The Morgan fingerprint density at radius 2 is 1.23 bits per heavy atom. The van der Waals surface area contributed by atoms with Crippen LogP contribution in [0.2, 0.25) is 5.02 Å². The zero-order chi connectivity index (χ0) is 23.0. The van der Waals surface area contributed by atoms with Crippen LogP contribution in [0.1, 0.15) is 103 Å². The van der Waals surface area contributed by atoms with E-state index in [0.717, 1.165) is 18.4 Å². The zero-order valence-corrected chi connectivity index (χ0v) is 20.5. The van der Waals surface area contributed by atoms with Crippen LogP contribution in [0, 0.1) is 5.41 Å². The Bertz CT molecular complexity index is 623. The second-order valence-corrected chi connectivity index (χ2v) is 8.75. The van der Waals surface area contributed by atoms with Crippen molar-refractivity contribution in [2.75, 3.05) is 6.61 Å². The van der Waals surface area contributed by atoms with E-state index >= 15 is 0 Å². The number of esters is 2. The summed E-state index contributed by atoms with van der Waals surface area (Å²) in [6, 6.07) is 7.11. The summed E-state index contributed by atoms with van der Waals surface area (Å²) < 4.78 is 11.0. The Morgan fingerprint density at radius 3 is 1.74 bits per heavy atom. The lowest BCUT2D eigenvalue weighted by Gasteiger charge is -2.27. The Hall–Kier alpha value is -1.55. The monoisotopic (exact) mass is 452 g/mol. The van der Waals surface area contributed by atoms with E-state index in [2.05, 4.69) is 6.92 Å². The van der Waals surface area contributed by atoms with Gasteiger partial charge in [0, 0.05) is 5.02 Å². The standard InChI is InChI=1S/C26H41ClO4/c1-4-7-8-9-10-11-12-13-14-15-20-30-24(28)26(5-2,6-3)25(29)31-21-22-16-18-23(27)19-17-22/h16-19H,4-15,20-21H2,1-3H3. The minimum absolute atomic E-state index is 0.115. The molecule has 0 unspecified atom stereocenters. The summed E-state index contributed by atoms with van der Waals surface area (Å²) in [5.74, 6) is -0.977. The molecule has 0 bridgehead atoms. The van der Waals surface area contributed by atoms with Crippen molar-refractivity contribution in [1.82, 2.24) is 0 Å². The zero-order valence-electron chi connectivity index (χ0n) is 19.7. The molecule has 0 N–H and O–H groups in total. The van der Waals surface area contributed by atoms with Gasteiger partial charge in [-0.15, -0.1) is 0 Å². The van der Waals surface area contributed by atoms with Crippen LogP contribution in [-0.2, 0) is 25.7 Å². The van der Waals surface area contributed by atoms with E-state index in [4.69, 9.17) is 21.1 Å². The van der Waals surface area contributed by atoms with E-state index in [1.54, 1.807) is 24.3 Å². The van der Waals surface area contributed by atoms with Crippen LogP contribution in [0.25, 0.3) is 0 Å². The molecule has 4 nitrogen and oxygen atoms in total. The van der Waals surface area contributed by atoms with Crippen molar-refractivity contribution >= 4 is 23.5 Å². The third-order valence-corrected chi connectivity index (χ3v) is 6.25. The van der Waals surface area contributed by atoms with E-state index in [9.17, 15) is 9.59 Å². The third-order valence-electron chi connectivity index (χ3n) is 6.00. The normalized spacial score (nSPS) is 11.4. The van der Waals surface area contributed by atoms with Crippen molar-refractivity contribution in [2.24, 2.45) is 5.41 Å². The number of rotatable bonds is 17. The van der Waals surface area contributed by atoms with Crippen LogP contribution < -0.4 is 0 Å². The maximum atomic E-state index is 12.8. The predicted molar refractivity (Wildman–Crippen MR) is 127 cm³/mol. The van der Waals surface area contributed by atoms with Crippen LogP contribution >= 0.6 is 11.6 Å². The van der Waals surface area contributed by atoms with Crippen LogP contribution in [0.5, 0.6) is 0 Å². The molecule has 0 aliphatic rings. The van der Waals surface area contributed by atoms with E-state index in [-0.39, 0.29) is 6.61 Å². The van der Waals surface area contributed by atoms with E-state index in [0.29, 0.717) is 24.5 Å². The highest BCUT2D eigenvalue weighted by molar-refractivity contribution is 6.30. The van der Waals surface area contributed by atoms with Gasteiger partial charge in [0.15, 0.2) is 5.41 Å². The molecule has 1 aromatic rings. The topological polar surface area (TPSA) is 52.6 Å². The Labute approximate surface area is 194 Å². The number of unbranched alkanes of at least 4 members (excludes halogenated alkanes) is 9. The van der Waals surface area contributed by atoms with Gasteiger partial charge in [-0.25, -0.2) is 0 Å². The van der Waals surface area contributed by atoms with Crippen LogP contribution in [0.3, 0.4) is 0 Å². The van der Waals surface area contributed by atoms with Gasteiger partial charge in [-0.1, -0.05) is 102 Å². The summed E-state index contributed by atoms with van der Waals surface area (Å²) in [7, 11) is 0. The average molecular weight is 453 g/mol. The first-order valence-corrected chi connectivity index (χ1v) is 12.5. The van der Waals surface area contributed by atoms with Crippen molar-refractivity contribution in [3.05, 3.63) is 34.9 Å². The molecule has 176 valence electrons. The molecule has 0 saturated heterocycles. The van der Waals surface area contributed by atoms with Gasteiger partial charge in [-0.2, -0.15) is 0 Å². The summed E-state index contributed by atoms with van der Waals surface area (Å²) in [5.41, 5.74) is -0.400. The summed E-state index contributed by atoms with van der Waals surface area (Å²) >= 11 is 5.88. The molecule has 0 aromatic heterocycles. The molecule has 0 fully saturated rings. The van der Waals surface area contributed by atoms with Gasteiger partial charge < -0.3 is 9.47 Å². The largest absolute Gasteiger partial charge is 0.465 e. The molecule has 31 heavy (non-hydrogen) atoms. The lowest BCUT2D eigenvalue weighted by atomic mass is 9.82. The van der Waals surface area contributed by atoms with Gasteiger partial charge in [0.05, 0.1) is 6.61 Å². The quantitative estimate of drug-likeness (QED) is 0.138. The molecule has 0 atom stereocenters. The first kappa shape index (κ1) is 27.5. The number of halogens is 1. The Kier molecular flexibility index (Phi) is 14.3. The molecule has 1 aromatic carbocycles. The van der Waals surface area contributed by atoms with Gasteiger partial charge >= 0.3 is 11.9 Å². The molecule has 0 amide bonds. The average Bonchev–Trinajstić information content (AvgIpc) is 2.78. The van der Waals surface area contributed by atoms with Crippen molar-refractivity contribution in [1.29, 1.82) is 0 Å². The molecule has 0 heterocycles. The van der Waals surface area contributed by atoms with E-state index in [1.807, 2.05) is 13.8 Å². The molecular weight excluding hydrogens is 412 g/mol. The molecule has 0 aliphatic heterocycles. The maximum Gasteiger partial charge on any atom is 0.323 e. The molecule has 0 aliphatic carbocycles. The molecular formula is C26H41ClO4. The number of hydrogen-bond donors (Lipinski definition) is 0. The number of carbonyl (C=O) groups is 2. The molecule has 0 radical (unpaired) electrons. The van der Waals surface area contributed by atoms with Crippen molar-refractivity contribution in [2.45, 2.75) is 104 Å². The van der Waals surface area contributed by atoms with Crippen molar-refractivity contribution in [3.8, 4) is 0 Å². The summed E-state index contributed by atoms with van der Waals surface area (Å²) in [4.78, 5) is 25.5. The highest BCUT2D eigenvalue weighted by Gasteiger charge is 2.45. The van der Waals surface area contributed by atoms with Gasteiger partial charge in [0.25, 0.3) is 0 Å². The Balaban J connectivity index is 2.32. The third kappa shape index (κ3) is 10.1. The summed E-state index contributed by atoms with van der Waals surface area (Å²) in [6.07, 6.45) is 13.0. The van der Waals surface area contributed by atoms with Gasteiger partial charge in [-0.05, 0) is 37.0 Å². The second-order valence-electron chi connectivity index (χ2n) is 8.31. The fraction of sp³-hybridized carbons (Fsp3) is 0.692. The molecule has 5 heteroatoms. The first-order chi connectivity index (χ1) is 15.0. The van der Waals surface area contributed by atoms with Crippen molar-refractivity contribution < 1.29 is 19.1 Å². The van der Waals surface area contributed by atoms with E-state index < -0.39 is 17.4 Å². The fourth-order valence-corrected chi connectivity index (χ4v) is 3.80. The lowest BCUT2D eigenvalue weighted by Crippen LogP contribution is -2.41. The first-order valence-electron chi connectivity index (χ1n) is 12.1. The maximum absolute atomic E-state index is 12.8. The van der Waals surface area contributed by atoms with Gasteiger partial charge in [0.1, 0.15) is 6.61 Å². The smallest absolute Gasteiger partial charge is 0.323 e. The summed E-state index contributed by atoms with van der Waals surface area (Å²) in [5, 5.41) is 0.627. The number of carbonyl (C=O) groups excluding carboxylic acids is 2. The van der Waals surface area contributed by atoms with Gasteiger partial charge in [-0.3, -0.25) is 9.59 Å². The van der Waals surface area contributed by atoms with Crippen LogP contribution in [-0.4, -0.2) is 18.5 Å². The fourth-order valence-electron chi connectivity index (χ4n) is 3.67. The highest BCUT2D eigenvalue weighted by Crippen LogP contribution is 2.31. The highest BCUT2D eigenvalue weighted by atomic mass is 35.5. The minimum Gasteiger partial charge on any atom is -0.465 e. The van der Waals surface area contributed by atoms with Crippen LogP contribution in [0.15, 0.2) is 24.3 Å². The number of hydrogen-bond acceptors (Lipinski definition) is 4.